The molecule has 0 aliphatic carbocycles. The Labute approximate surface area is 137 Å². The van der Waals surface area contributed by atoms with Gasteiger partial charge in [0.2, 0.25) is 0 Å². The minimum atomic E-state index is -0.446. The van der Waals surface area contributed by atoms with E-state index in [1.807, 2.05) is 49.9 Å². The molecule has 2 heterocycles. The van der Waals surface area contributed by atoms with Crippen molar-refractivity contribution in [1.82, 2.24) is 4.90 Å². The first kappa shape index (κ1) is 15.7. The summed E-state index contributed by atoms with van der Waals surface area (Å²) in [6.45, 7) is 9.06. The van der Waals surface area contributed by atoms with Crippen molar-refractivity contribution in [2.75, 3.05) is 31.1 Å². The van der Waals surface area contributed by atoms with Gasteiger partial charge in [-0.05, 0) is 39.0 Å². The van der Waals surface area contributed by atoms with Crippen LogP contribution in [0, 0.1) is 23.2 Å². The predicted octanol–water partition coefficient (Wildman–Crippen LogP) is 2.86. The fraction of sp³-hybridized carbons (Fsp3) is 0.556. The summed E-state index contributed by atoms with van der Waals surface area (Å²) in [4.78, 5) is 16.3. The zero-order chi connectivity index (χ0) is 16.6. The number of rotatable bonds is 1. The van der Waals surface area contributed by atoms with Gasteiger partial charge < -0.3 is 14.5 Å². The van der Waals surface area contributed by atoms with Crippen LogP contribution in [0.15, 0.2) is 24.3 Å². The third kappa shape index (κ3) is 3.42. The Morgan fingerprint density at radius 1 is 1.22 bits per heavy atom. The van der Waals surface area contributed by atoms with Gasteiger partial charge in [0, 0.05) is 43.7 Å². The van der Waals surface area contributed by atoms with Crippen molar-refractivity contribution in [2.24, 2.45) is 11.8 Å². The van der Waals surface area contributed by atoms with E-state index in [9.17, 15) is 4.79 Å². The molecule has 5 heteroatoms. The number of fused-ring (bicyclic) bond motifs is 1. The van der Waals surface area contributed by atoms with Crippen LogP contribution in [0.25, 0.3) is 0 Å². The molecule has 3 rings (SSSR count). The molecule has 1 aromatic carbocycles. The summed E-state index contributed by atoms with van der Waals surface area (Å²) >= 11 is 0. The van der Waals surface area contributed by atoms with Gasteiger partial charge in [-0.3, -0.25) is 0 Å². The molecule has 2 saturated heterocycles. The standard InChI is InChI=1S/C18H23N3O2/c1-18(2,3)23-17(22)21-11-14-9-20(10-15(14)12-21)16-6-4-5-13(7-16)8-19/h4-7,14-15H,9-12H2,1-3H3. The Kier molecular flexibility index (Phi) is 3.93. The normalized spacial score (nSPS) is 23.6. The second kappa shape index (κ2) is 5.77. The van der Waals surface area contributed by atoms with Crippen LogP contribution in [0.2, 0.25) is 0 Å². The highest BCUT2D eigenvalue weighted by molar-refractivity contribution is 5.68. The van der Waals surface area contributed by atoms with Crippen LogP contribution in [0.1, 0.15) is 26.3 Å². The quantitative estimate of drug-likeness (QED) is 0.800. The molecule has 0 saturated carbocycles. The number of carbonyl (C=O) groups excluding carboxylic acids is 1. The Morgan fingerprint density at radius 3 is 2.43 bits per heavy atom. The summed E-state index contributed by atoms with van der Waals surface area (Å²) in [7, 11) is 0. The highest BCUT2D eigenvalue weighted by Gasteiger charge is 2.42. The smallest absolute Gasteiger partial charge is 0.410 e. The molecule has 2 atom stereocenters. The molecular weight excluding hydrogens is 290 g/mol. The van der Waals surface area contributed by atoms with Crippen molar-refractivity contribution in [1.29, 1.82) is 5.26 Å². The summed E-state index contributed by atoms with van der Waals surface area (Å²) in [5.74, 6) is 0.960. The maximum atomic E-state index is 12.2. The van der Waals surface area contributed by atoms with Crippen LogP contribution < -0.4 is 4.90 Å². The molecule has 0 aromatic heterocycles. The molecule has 2 unspecified atom stereocenters. The predicted molar refractivity (Wildman–Crippen MR) is 88.2 cm³/mol. The molecule has 0 radical (unpaired) electrons. The van der Waals surface area contributed by atoms with E-state index in [1.54, 1.807) is 0 Å². The largest absolute Gasteiger partial charge is 0.444 e. The second-order valence-electron chi connectivity index (χ2n) is 7.47. The lowest BCUT2D eigenvalue weighted by Gasteiger charge is -2.26. The van der Waals surface area contributed by atoms with E-state index in [1.165, 1.54) is 0 Å². The van der Waals surface area contributed by atoms with Crippen molar-refractivity contribution < 1.29 is 9.53 Å². The molecule has 0 spiro atoms. The van der Waals surface area contributed by atoms with E-state index in [-0.39, 0.29) is 6.09 Å². The van der Waals surface area contributed by atoms with Crippen molar-refractivity contribution in [3.8, 4) is 6.07 Å². The average Bonchev–Trinajstić information content (AvgIpc) is 3.04. The molecular formula is C18H23N3O2. The van der Waals surface area contributed by atoms with Gasteiger partial charge in [0.05, 0.1) is 11.6 Å². The first-order chi connectivity index (χ1) is 10.9. The maximum absolute atomic E-state index is 12.2. The van der Waals surface area contributed by atoms with Gasteiger partial charge >= 0.3 is 6.09 Å². The topological polar surface area (TPSA) is 56.6 Å². The van der Waals surface area contributed by atoms with Gasteiger partial charge in [-0.2, -0.15) is 5.26 Å². The van der Waals surface area contributed by atoms with E-state index >= 15 is 0 Å². The summed E-state index contributed by atoms with van der Waals surface area (Å²) in [6.07, 6.45) is -0.204. The van der Waals surface area contributed by atoms with Crippen LogP contribution in [0.3, 0.4) is 0 Å². The first-order valence-electron chi connectivity index (χ1n) is 8.09. The number of nitriles is 1. The number of likely N-dealkylation sites (tertiary alicyclic amines) is 1. The number of hydrogen-bond acceptors (Lipinski definition) is 4. The van der Waals surface area contributed by atoms with Gasteiger partial charge in [0.1, 0.15) is 5.60 Å². The Bertz CT molecular complexity index is 630. The van der Waals surface area contributed by atoms with Crippen molar-refractivity contribution in [2.45, 2.75) is 26.4 Å². The van der Waals surface area contributed by atoms with Gasteiger partial charge in [-0.15, -0.1) is 0 Å². The van der Waals surface area contributed by atoms with Crippen molar-refractivity contribution in [3.05, 3.63) is 29.8 Å². The van der Waals surface area contributed by atoms with Crippen LogP contribution in [-0.4, -0.2) is 42.8 Å². The minimum absolute atomic E-state index is 0.204. The Hall–Kier alpha value is -2.22. The SMILES string of the molecule is CC(C)(C)OC(=O)N1CC2CN(c3cccc(C#N)c3)CC2C1. The van der Waals surface area contributed by atoms with Crippen LogP contribution in [0.5, 0.6) is 0 Å². The first-order valence-corrected chi connectivity index (χ1v) is 8.09. The van der Waals surface area contributed by atoms with E-state index in [0.717, 1.165) is 31.9 Å². The molecule has 0 N–H and O–H groups in total. The molecule has 23 heavy (non-hydrogen) atoms. The summed E-state index contributed by atoms with van der Waals surface area (Å²) in [5.41, 5.74) is 1.34. The molecule has 5 nitrogen and oxygen atoms in total. The highest BCUT2D eigenvalue weighted by atomic mass is 16.6. The summed E-state index contributed by atoms with van der Waals surface area (Å²) < 4.78 is 5.47. The lowest BCUT2D eigenvalue weighted by molar-refractivity contribution is 0.0282. The number of hydrogen-bond donors (Lipinski definition) is 0. The number of amides is 1. The van der Waals surface area contributed by atoms with Crippen molar-refractivity contribution in [3.63, 3.8) is 0 Å². The van der Waals surface area contributed by atoms with Crippen LogP contribution in [-0.2, 0) is 4.74 Å². The van der Waals surface area contributed by atoms with E-state index in [2.05, 4.69) is 11.0 Å². The molecule has 2 fully saturated rings. The minimum Gasteiger partial charge on any atom is -0.444 e. The Balaban J connectivity index is 1.61. The van der Waals surface area contributed by atoms with Crippen molar-refractivity contribution >= 4 is 11.8 Å². The number of carbonyl (C=O) groups is 1. The van der Waals surface area contributed by atoms with Gasteiger partial charge in [-0.25, -0.2) is 4.79 Å². The lowest BCUT2D eigenvalue weighted by atomic mass is 10.0. The van der Waals surface area contributed by atoms with Gasteiger partial charge in [0.15, 0.2) is 0 Å². The fourth-order valence-corrected chi connectivity index (χ4v) is 3.45. The monoisotopic (exact) mass is 313 g/mol. The van der Waals surface area contributed by atoms with Crippen LogP contribution >= 0.6 is 0 Å². The molecule has 0 bridgehead atoms. The fourth-order valence-electron chi connectivity index (χ4n) is 3.45. The number of anilines is 1. The third-order valence-electron chi connectivity index (χ3n) is 4.48. The van der Waals surface area contributed by atoms with E-state index in [4.69, 9.17) is 10.00 Å². The maximum Gasteiger partial charge on any atom is 0.410 e. The van der Waals surface area contributed by atoms with Gasteiger partial charge in [0.25, 0.3) is 0 Å². The zero-order valence-electron chi connectivity index (χ0n) is 14.0. The lowest BCUT2D eigenvalue weighted by Crippen LogP contribution is -2.37. The molecule has 2 aliphatic heterocycles. The molecule has 122 valence electrons. The van der Waals surface area contributed by atoms with Gasteiger partial charge in [-0.1, -0.05) is 6.07 Å². The highest BCUT2D eigenvalue weighted by Crippen LogP contribution is 2.34. The van der Waals surface area contributed by atoms with E-state index in [0.29, 0.717) is 17.4 Å². The molecule has 1 aromatic rings. The summed E-state index contributed by atoms with van der Waals surface area (Å²) in [6, 6.07) is 9.92. The average molecular weight is 313 g/mol. The van der Waals surface area contributed by atoms with Crippen LogP contribution in [0.4, 0.5) is 10.5 Å². The number of benzene rings is 1. The molecule has 1 amide bonds. The zero-order valence-corrected chi connectivity index (χ0v) is 14.0. The molecule has 2 aliphatic rings. The second-order valence-corrected chi connectivity index (χ2v) is 7.47. The number of nitrogens with zero attached hydrogens (tertiary/aromatic N) is 3. The Morgan fingerprint density at radius 2 is 1.87 bits per heavy atom. The third-order valence-corrected chi connectivity index (χ3v) is 4.48. The summed E-state index contributed by atoms with van der Waals surface area (Å²) in [5, 5.41) is 9.03. The number of ether oxygens (including phenoxy) is 1. The van der Waals surface area contributed by atoms with E-state index < -0.39 is 5.60 Å².